The molecule has 0 spiro atoms. The Hall–Kier alpha value is -0.120. The van der Waals surface area contributed by atoms with E-state index in [4.69, 9.17) is 0 Å². The maximum absolute atomic E-state index is 3.57. The Morgan fingerprint density at radius 3 is 2.50 bits per heavy atom. The van der Waals surface area contributed by atoms with Crippen LogP contribution in [0.2, 0.25) is 0 Å². The standard InChI is InChI=1S/C15H33N3/c1-7-14-11-18(10-9-17(14)6)12-15(4,5)13(3)16-8-2/h13-14,16H,7-12H2,1-6H3. The van der Waals surface area contributed by atoms with Crippen molar-refractivity contribution in [2.45, 2.75) is 53.1 Å². The Bertz CT molecular complexity index is 240. The summed E-state index contributed by atoms with van der Waals surface area (Å²) in [5, 5.41) is 3.57. The summed E-state index contributed by atoms with van der Waals surface area (Å²) < 4.78 is 0. The summed E-state index contributed by atoms with van der Waals surface area (Å²) in [5.74, 6) is 0. The van der Waals surface area contributed by atoms with Gasteiger partial charge in [-0.3, -0.25) is 4.90 Å². The molecule has 3 nitrogen and oxygen atoms in total. The lowest BCUT2D eigenvalue weighted by Gasteiger charge is -2.44. The lowest BCUT2D eigenvalue weighted by molar-refractivity contribution is 0.0564. The van der Waals surface area contributed by atoms with Gasteiger partial charge in [-0.1, -0.05) is 27.7 Å². The zero-order chi connectivity index (χ0) is 13.8. The SMILES string of the molecule is CCNC(C)C(C)(C)CN1CCN(C)C(CC)C1. The van der Waals surface area contributed by atoms with E-state index in [1.165, 1.54) is 32.6 Å². The van der Waals surface area contributed by atoms with Gasteiger partial charge in [0.05, 0.1) is 0 Å². The molecule has 1 aliphatic heterocycles. The molecule has 1 N–H and O–H groups in total. The van der Waals surface area contributed by atoms with Gasteiger partial charge in [-0.25, -0.2) is 0 Å². The summed E-state index contributed by atoms with van der Waals surface area (Å²) in [5.41, 5.74) is 0.338. The zero-order valence-corrected chi connectivity index (χ0v) is 13.3. The van der Waals surface area contributed by atoms with E-state index in [2.05, 4.69) is 56.8 Å². The van der Waals surface area contributed by atoms with Gasteiger partial charge < -0.3 is 10.2 Å². The molecule has 0 amide bonds. The van der Waals surface area contributed by atoms with Crippen molar-refractivity contribution in [3.63, 3.8) is 0 Å². The maximum atomic E-state index is 3.57. The minimum Gasteiger partial charge on any atom is -0.314 e. The second-order valence-electron chi connectivity index (χ2n) is 6.55. The smallest absolute Gasteiger partial charge is 0.0218 e. The molecule has 3 heteroatoms. The molecule has 1 fully saturated rings. The summed E-state index contributed by atoms with van der Waals surface area (Å²) in [4.78, 5) is 5.17. The molecule has 0 aliphatic carbocycles. The zero-order valence-electron chi connectivity index (χ0n) is 13.3. The fourth-order valence-corrected chi connectivity index (χ4v) is 2.89. The fraction of sp³-hybridized carbons (Fsp3) is 1.00. The highest BCUT2D eigenvalue weighted by molar-refractivity contribution is 4.87. The van der Waals surface area contributed by atoms with Gasteiger partial charge in [0.25, 0.3) is 0 Å². The van der Waals surface area contributed by atoms with Gasteiger partial charge in [-0.15, -0.1) is 0 Å². The molecule has 1 heterocycles. The number of rotatable bonds is 6. The highest BCUT2D eigenvalue weighted by Gasteiger charge is 2.31. The molecule has 0 aromatic heterocycles. The molecule has 18 heavy (non-hydrogen) atoms. The van der Waals surface area contributed by atoms with Gasteiger partial charge >= 0.3 is 0 Å². The molecule has 2 unspecified atom stereocenters. The third-order valence-electron chi connectivity index (χ3n) is 4.65. The maximum Gasteiger partial charge on any atom is 0.0218 e. The van der Waals surface area contributed by atoms with Crippen LogP contribution in [0.5, 0.6) is 0 Å². The minimum absolute atomic E-state index is 0.338. The van der Waals surface area contributed by atoms with E-state index in [0.29, 0.717) is 11.5 Å². The molecule has 0 saturated carbocycles. The number of piperazine rings is 1. The molecule has 2 atom stereocenters. The summed E-state index contributed by atoms with van der Waals surface area (Å²) in [6.07, 6.45) is 1.26. The summed E-state index contributed by atoms with van der Waals surface area (Å²) in [6.45, 7) is 17.5. The van der Waals surface area contributed by atoms with Gasteiger partial charge in [0.15, 0.2) is 0 Å². The predicted octanol–water partition coefficient (Wildman–Crippen LogP) is 2.04. The summed E-state index contributed by atoms with van der Waals surface area (Å²) in [7, 11) is 2.26. The molecule has 0 bridgehead atoms. The Morgan fingerprint density at radius 2 is 1.94 bits per heavy atom. The second-order valence-corrected chi connectivity index (χ2v) is 6.55. The normalized spacial score (nSPS) is 25.3. The third kappa shape index (κ3) is 4.22. The number of nitrogens with zero attached hydrogens (tertiary/aromatic N) is 2. The molecular formula is C15H33N3. The Labute approximate surface area is 114 Å². The van der Waals surface area contributed by atoms with Crippen LogP contribution in [-0.4, -0.2) is 61.7 Å². The van der Waals surface area contributed by atoms with Crippen LogP contribution in [-0.2, 0) is 0 Å². The molecule has 1 aliphatic rings. The van der Waals surface area contributed by atoms with E-state index in [1.807, 2.05) is 0 Å². The van der Waals surface area contributed by atoms with Crippen molar-refractivity contribution in [2.24, 2.45) is 5.41 Å². The Kier molecular flexibility index (Phi) is 6.09. The molecule has 0 radical (unpaired) electrons. The van der Waals surface area contributed by atoms with E-state index in [1.54, 1.807) is 0 Å². The average Bonchev–Trinajstić information content (AvgIpc) is 2.31. The van der Waals surface area contributed by atoms with E-state index in [9.17, 15) is 0 Å². The highest BCUT2D eigenvalue weighted by Crippen LogP contribution is 2.24. The summed E-state index contributed by atoms with van der Waals surface area (Å²) in [6, 6.07) is 1.31. The predicted molar refractivity (Wildman–Crippen MR) is 80.1 cm³/mol. The molecular weight excluding hydrogens is 222 g/mol. The van der Waals surface area contributed by atoms with Crippen LogP contribution in [0.15, 0.2) is 0 Å². The van der Waals surface area contributed by atoms with Crippen molar-refractivity contribution >= 4 is 0 Å². The lowest BCUT2D eigenvalue weighted by atomic mass is 9.84. The Balaban J connectivity index is 2.51. The number of hydrogen-bond acceptors (Lipinski definition) is 3. The van der Waals surface area contributed by atoms with Crippen molar-refractivity contribution in [3.05, 3.63) is 0 Å². The first-order chi connectivity index (χ1) is 8.40. The fourth-order valence-electron chi connectivity index (χ4n) is 2.89. The summed E-state index contributed by atoms with van der Waals surface area (Å²) >= 11 is 0. The minimum atomic E-state index is 0.338. The van der Waals surface area contributed by atoms with Gasteiger partial charge in [0, 0.05) is 38.3 Å². The highest BCUT2D eigenvalue weighted by atomic mass is 15.3. The van der Waals surface area contributed by atoms with Crippen LogP contribution in [0.25, 0.3) is 0 Å². The number of nitrogens with one attached hydrogen (secondary N) is 1. The van der Waals surface area contributed by atoms with Crippen molar-refractivity contribution in [1.82, 2.24) is 15.1 Å². The monoisotopic (exact) mass is 255 g/mol. The second kappa shape index (κ2) is 6.88. The van der Waals surface area contributed by atoms with Gasteiger partial charge in [-0.05, 0) is 32.4 Å². The first-order valence-electron chi connectivity index (χ1n) is 7.56. The van der Waals surface area contributed by atoms with Crippen LogP contribution in [0.1, 0.15) is 41.0 Å². The number of likely N-dealkylation sites (N-methyl/N-ethyl adjacent to an activating group) is 1. The molecule has 0 aromatic carbocycles. The van der Waals surface area contributed by atoms with Gasteiger partial charge in [0.1, 0.15) is 0 Å². The van der Waals surface area contributed by atoms with Crippen LogP contribution < -0.4 is 5.32 Å². The largest absolute Gasteiger partial charge is 0.314 e. The molecule has 1 saturated heterocycles. The first-order valence-corrected chi connectivity index (χ1v) is 7.56. The van der Waals surface area contributed by atoms with E-state index >= 15 is 0 Å². The van der Waals surface area contributed by atoms with Crippen molar-refractivity contribution in [3.8, 4) is 0 Å². The lowest BCUT2D eigenvalue weighted by Crippen LogP contribution is -2.55. The van der Waals surface area contributed by atoms with Crippen LogP contribution >= 0.6 is 0 Å². The molecule has 1 rings (SSSR count). The Morgan fingerprint density at radius 1 is 1.28 bits per heavy atom. The van der Waals surface area contributed by atoms with Crippen LogP contribution in [0.4, 0.5) is 0 Å². The van der Waals surface area contributed by atoms with Gasteiger partial charge in [0.2, 0.25) is 0 Å². The van der Waals surface area contributed by atoms with Gasteiger partial charge in [-0.2, -0.15) is 0 Å². The van der Waals surface area contributed by atoms with E-state index < -0.39 is 0 Å². The van der Waals surface area contributed by atoms with Crippen LogP contribution in [0, 0.1) is 5.41 Å². The van der Waals surface area contributed by atoms with Crippen molar-refractivity contribution in [1.29, 1.82) is 0 Å². The quantitative estimate of drug-likeness (QED) is 0.783. The van der Waals surface area contributed by atoms with Crippen molar-refractivity contribution < 1.29 is 0 Å². The number of hydrogen-bond donors (Lipinski definition) is 1. The van der Waals surface area contributed by atoms with Crippen molar-refractivity contribution in [2.75, 3.05) is 39.8 Å². The molecule has 108 valence electrons. The van der Waals surface area contributed by atoms with Crippen LogP contribution in [0.3, 0.4) is 0 Å². The third-order valence-corrected chi connectivity index (χ3v) is 4.65. The van der Waals surface area contributed by atoms with E-state index in [0.717, 1.165) is 12.6 Å². The average molecular weight is 255 g/mol. The topological polar surface area (TPSA) is 18.5 Å². The molecule has 0 aromatic rings. The van der Waals surface area contributed by atoms with E-state index in [-0.39, 0.29) is 0 Å². The first kappa shape index (κ1) is 15.9.